The maximum absolute atomic E-state index is 12.3. The molecule has 5 nitrogen and oxygen atoms in total. The molecule has 0 aromatic heterocycles. The summed E-state index contributed by atoms with van der Waals surface area (Å²) >= 11 is 0. The highest BCUT2D eigenvalue weighted by Gasteiger charge is 2.34. The lowest BCUT2D eigenvalue weighted by molar-refractivity contribution is -0.125. The van der Waals surface area contributed by atoms with Gasteiger partial charge >= 0.3 is 0 Å². The third kappa shape index (κ3) is 3.49. The van der Waals surface area contributed by atoms with Crippen LogP contribution in [-0.2, 0) is 4.79 Å². The molecule has 2 rings (SSSR count). The van der Waals surface area contributed by atoms with Crippen molar-refractivity contribution in [1.29, 1.82) is 5.26 Å². The second kappa shape index (κ2) is 6.40. The van der Waals surface area contributed by atoms with Crippen molar-refractivity contribution in [1.82, 2.24) is 5.32 Å². The van der Waals surface area contributed by atoms with Crippen LogP contribution in [0.5, 0.6) is 5.75 Å². The van der Waals surface area contributed by atoms with E-state index >= 15 is 0 Å². The number of carbonyl (C=O) groups is 1. The van der Waals surface area contributed by atoms with Gasteiger partial charge in [0.1, 0.15) is 11.8 Å². The molecule has 0 bridgehead atoms. The molecule has 0 saturated carbocycles. The number of hydrogen-bond donors (Lipinski definition) is 2. The number of carbonyl (C=O) groups excluding carboxylic acids is 1. The van der Waals surface area contributed by atoms with Gasteiger partial charge in [0.05, 0.1) is 5.41 Å². The van der Waals surface area contributed by atoms with E-state index in [-0.39, 0.29) is 17.9 Å². The standard InChI is InChI=1S/C15H19N3O2/c1-15(7-2-9-17-11-15)14(19)18-12-3-5-13(6-4-12)20-10-8-16/h3-6,17H,2,7,9-11H2,1H3,(H,18,19). The number of hydrogen-bond acceptors (Lipinski definition) is 4. The van der Waals surface area contributed by atoms with Gasteiger partial charge in [-0.15, -0.1) is 0 Å². The first-order valence-electron chi connectivity index (χ1n) is 6.76. The largest absolute Gasteiger partial charge is 0.479 e. The van der Waals surface area contributed by atoms with Gasteiger partial charge in [0.25, 0.3) is 0 Å². The highest BCUT2D eigenvalue weighted by molar-refractivity contribution is 5.95. The Labute approximate surface area is 118 Å². The number of nitrogens with one attached hydrogen (secondary N) is 2. The van der Waals surface area contributed by atoms with Gasteiger partial charge in [-0.1, -0.05) is 0 Å². The molecule has 20 heavy (non-hydrogen) atoms. The van der Waals surface area contributed by atoms with Crippen molar-refractivity contribution < 1.29 is 9.53 Å². The molecule has 1 amide bonds. The van der Waals surface area contributed by atoms with Crippen molar-refractivity contribution >= 4 is 11.6 Å². The average molecular weight is 273 g/mol. The Morgan fingerprint density at radius 1 is 1.50 bits per heavy atom. The maximum atomic E-state index is 12.3. The molecule has 1 unspecified atom stereocenters. The Bertz CT molecular complexity index is 499. The summed E-state index contributed by atoms with van der Waals surface area (Å²) < 4.78 is 5.17. The molecule has 0 spiro atoms. The molecule has 2 N–H and O–H groups in total. The van der Waals surface area contributed by atoms with Crippen LogP contribution in [0.2, 0.25) is 0 Å². The fraction of sp³-hybridized carbons (Fsp3) is 0.467. The minimum Gasteiger partial charge on any atom is -0.479 e. The number of rotatable bonds is 4. The smallest absolute Gasteiger partial charge is 0.231 e. The minimum atomic E-state index is -0.353. The molecule has 0 radical (unpaired) electrons. The van der Waals surface area contributed by atoms with Crippen molar-refractivity contribution in [3.05, 3.63) is 24.3 Å². The lowest BCUT2D eigenvalue weighted by Gasteiger charge is -2.32. The van der Waals surface area contributed by atoms with E-state index in [2.05, 4.69) is 10.6 Å². The number of amides is 1. The summed E-state index contributed by atoms with van der Waals surface area (Å²) in [7, 11) is 0. The van der Waals surface area contributed by atoms with Gasteiger partial charge in [-0.2, -0.15) is 5.26 Å². The third-order valence-electron chi connectivity index (χ3n) is 3.56. The zero-order valence-electron chi connectivity index (χ0n) is 11.6. The van der Waals surface area contributed by atoms with Crippen molar-refractivity contribution in [2.45, 2.75) is 19.8 Å². The van der Waals surface area contributed by atoms with E-state index in [1.54, 1.807) is 24.3 Å². The SMILES string of the molecule is CC1(C(=O)Nc2ccc(OCC#N)cc2)CCCNC1. The van der Waals surface area contributed by atoms with Gasteiger partial charge in [0.15, 0.2) is 6.61 Å². The first-order valence-corrected chi connectivity index (χ1v) is 6.76. The van der Waals surface area contributed by atoms with E-state index in [9.17, 15) is 4.79 Å². The molecule has 1 aromatic rings. The number of anilines is 1. The van der Waals surface area contributed by atoms with Gasteiger partial charge in [0.2, 0.25) is 5.91 Å². The Hall–Kier alpha value is -2.06. The zero-order valence-corrected chi connectivity index (χ0v) is 11.6. The number of benzene rings is 1. The minimum absolute atomic E-state index is 0.0233. The molecule has 1 aromatic carbocycles. The van der Waals surface area contributed by atoms with Crippen LogP contribution >= 0.6 is 0 Å². The number of ether oxygens (including phenoxy) is 1. The van der Waals surface area contributed by atoms with E-state index in [1.807, 2.05) is 13.0 Å². The van der Waals surface area contributed by atoms with Crippen molar-refractivity contribution in [3.8, 4) is 11.8 Å². The molecule has 106 valence electrons. The van der Waals surface area contributed by atoms with Crippen LogP contribution in [0.1, 0.15) is 19.8 Å². The fourth-order valence-corrected chi connectivity index (χ4v) is 2.28. The first kappa shape index (κ1) is 14.4. The molecule has 5 heteroatoms. The molecule has 0 aliphatic carbocycles. The van der Waals surface area contributed by atoms with Gasteiger partial charge in [-0.25, -0.2) is 0 Å². The molecular formula is C15H19N3O2. The first-order chi connectivity index (χ1) is 9.64. The van der Waals surface area contributed by atoms with Crippen LogP contribution in [0.25, 0.3) is 0 Å². The van der Waals surface area contributed by atoms with E-state index < -0.39 is 0 Å². The lowest BCUT2D eigenvalue weighted by atomic mass is 9.82. The van der Waals surface area contributed by atoms with Crippen LogP contribution in [0.3, 0.4) is 0 Å². The monoisotopic (exact) mass is 273 g/mol. The van der Waals surface area contributed by atoms with Crippen molar-refractivity contribution in [3.63, 3.8) is 0 Å². The summed E-state index contributed by atoms with van der Waals surface area (Å²) in [6, 6.07) is 8.96. The van der Waals surface area contributed by atoms with E-state index in [0.29, 0.717) is 12.3 Å². The summed E-state index contributed by atoms with van der Waals surface area (Å²) in [5.74, 6) is 0.658. The Morgan fingerprint density at radius 3 is 2.85 bits per heavy atom. The van der Waals surface area contributed by atoms with Gasteiger partial charge < -0.3 is 15.4 Å². The van der Waals surface area contributed by atoms with Crippen molar-refractivity contribution in [2.75, 3.05) is 25.0 Å². The molecule has 1 saturated heterocycles. The van der Waals surface area contributed by atoms with Crippen LogP contribution in [-0.4, -0.2) is 25.6 Å². The highest BCUT2D eigenvalue weighted by atomic mass is 16.5. The topological polar surface area (TPSA) is 74.1 Å². The summed E-state index contributed by atoms with van der Waals surface area (Å²) in [6.07, 6.45) is 1.92. The zero-order chi connectivity index (χ0) is 14.4. The van der Waals surface area contributed by atoms with Crippen LogP contribution in [0, 0.1) is 16.7 Å². The van der Waals surface area contributed by atoms with Gasteiger partial charge in [-0.05, 0) is 50.6 Å². The number of nitrogens with zero attached hydrogens (tertiary/aromatic N) is 1. The molecule has 1 aliphatic rings. The van der Waals surface area contributed by atoms with Crippen molar-refractivity contribution in [2.24, 2.45) is 5.41 Å². The quantitative estimate of drug-likeness (QED) is 0.879. The van der Waals surface area contributed by atoms with Crippen LogP contribution in [0.15, 0.2) is 24.3 Å². The Balaban J connectivity index is 1.95. The van der Waals surface area contributed by atoms with Gasteiger partial charge in [0, 0.05) is 12.2 Å². The van der Waals surface area contributed by atoms with E-state index in [4.69, 9.17) is 10.00 Å². The highest BCUT2D eigenvalue weighted by Crippen LogP contribution is 2.27. The van der Waals surface area contributed by atoms with Crippen LogP contribution in [0.4, 0.5) is 5.69 Å². The molecule has 1 atom stereocenters. The average Bonchev–Trinajstić information content (AvgIpc) is 2.47. The predicted molar refractivity (Wildman–Crippen MR) is 76.4 cm³/mol. The summed E-state index contributed by atoms with van der Waals surface area (Å²) in [5, 5.41) is 14.6. The summed E-state index contributed by atoms with van der Waals surface area (Å²) in [4.78, 5) is 12.3. The Kier molecular flexibility index (Phi) is 4.59. The second-order valence-corrected chi connectivity index (χ2v) is 5.27. The summed E-state index contributed by atoms with van der Waals surface area (Å²) in [5.41, 5.74) is 0.389. The van der Waals surface area contributed by atoms with E-state index in [0.717, 1.165) is 25.1 Å². The molecule has 1 heterocycles. The lowest BCUT2D eigenvalue weighted by Crippen LogP contribution is -2.46. The maximum Gasteiger partial charge on any atom is 0.231 e. The third-order valence-corrected chi connectivity index (χ3v) is 3.56. The molecule has 1 fully saturated rings. The number of piperidine rings is 1. The predicted octanol–water partition coefficient (Wildman–Crippen LogP) is 1.92. The normalized spacial score (nSPS) is 21.8. The number of nitriles is 1. The van der Waals surface area contributed by atoms with E-state index in [1.165, 1.54) is 0 Å². The second-order valence-electron chi connectivity index (χ2n) is 5.27. The van der Waals surface area contributed by atoms with Crippen LogP contribution < -0.4 is 15.4 Å². The Morgan fingerprint density at radius 2 is 2.25 bits per heavy atom. The molecular weight excluding hydrogens is 254 g/mol. The fourth-order valence-electron chi connectivity index (χ4n) is 2.28. The molecule has 1 aliphatic heterocycles. The van der Waals surface area contributed by atoms with Gasteiger partial charge in [-0.3, -0.25) is 4.79 Å². The summed E-state index contributed by atoms with van der Waals surface area (Å²) in [6.45, 7) is 3.70.